The number of rotatable bonds is 9. The van der Waals surface area contributed by atoms with Crippen LogP contribution in [0.5, 0.6) is 0 Å². The largest absolute Gasteiger partial charge is 0.388 e. The molecule has 0 saturated carbocycles. The third-order valence-corrected chi connectivity index (χ3v) is 4.83. The Kier molecular flexibility index (Phi) is 9.29. The molecule has 0 aromatic rings. The van der Waals surface area contributed by atoms with Crippen LogP contribution in [-0.2, 0) is 18.9 Å². The fourth-order valence-electron chi connectivity index (χ4n) is 3.04. The Labute approximate surface area is 158 Å². The molecule has 2 fully saturated rings. The maximum Gasteiger partial charge on any atom is 0.186 e. The van der Waals surface area contributed by atoms with E-state index in [0.29, 0.717) is 6.61 Å². The monoisotopic (exact) mass is 396 g/mol. The molecule has 0 aromatic carbocycles. The van der Waals surface area contributed by atoms with Gasteiger partial charge in [-0.3, -0.25) is 0 Å². The minimum absolute atomic E-state index is 0.220. The molecule has 0 radical (unpaired) electrons. The van der Waals surface area contributed by atoms with Gasteiger partial charge in [0.05, 0.1) is 13.2 Å². The first-order valence-corrected chi connectivity index (χ1v) is 9.45. The second kappa shape index (κ2) is 11.0. The lowest BCUT2D eigenvalue weighted by Gasteiger charge is -2.41. The van der Waals surface area contributed by atoms with Crippen molar-refractivity contribution < 1.29 is 49.6 Å². The van der Waals surface area contributed by atoms with Crippen LogP contribution >= 0.6 is 0 Å². The van der Waals surface area contributed by atoms with E-state index in [1.165, 1.54) is 0 Å². The van der Waals surface area contributed by atoms with Crippen molar-refractivity contribution in [1.29, 1.82) is 0 Å². The van der Waals surface area contributed by atoms with Gasteiger partial charge in [0, 0.05) is 6.61 Å². The molecule has 2 saturated heterocycles. The number of unbranched alkanes of at least 4 members (excludes halogenated alkanes) is 3. The lowest BCUT2D eigenvalue weighted by Crippen LogP contribution is -2.60. The Morgan fingerprint density at radius 2 is 1.48 bits per heavy atom. The second-order valence-electron chi connectivity index (χ2n) is 7.03. The molecule has 0 aromatic heterocycles. The highest BCUT2D eigenvalue weighted by atomic mass is 16.7. The summed E-state index contributed by atoms with van der Waals surface area (Å²) in [7, 11) is 0. The number of aliphatic hydroxyl groups excluding tert-OH is 6. The van der Waals surface area contributed by atoms with E-state index in [4.69, 9.17) is 18.9 Å². The molecule has 2 heterocycles. The molecular weight excluding hydrogens is 364 g/mol. The van der Waals surface area contributed by atoms with Crippen LogP contribution in [0, 0.1) is 0 Å². The number of aliphatic hydroxyl groups is 6. The van der Waals surface area contributed by atoms with Gasteiger partial charge < -0.3 is 49.6 Å². The molecule has 2 rings (SSSR count). The van der Waals surface area contributed by atoms with E-state index in [1.54, 1.807) is 0 Å². The van der Waals surface area contributed by atoms with Gasteiger partial charge in [-0.15, -0.1) is 0 Å². The normalized spacial score (nSPS) is 43.0. The van der Waals surface area contributed by atoms with Gasteiger partial charge in [-0.05, 0) is 6.42 Å². The Bertz CT molecular complexity index is 425. The molecule has 2 aliphatic rings. The van der Waals surface area contributed by atoms with Gasteiger partial charge in [0.1, 0.15) is 42.7 Å². The zero-order chi connectivity index (χ0) is 20.0. The third kappa shape index (κ3) is 6.04. The Morgan fingerprint density at radius 3 is 2.19 bits per heavy atom. The molecular formula is C17H32O10. The van der Waals surface area contributed by atoms with E-state index in [-0.39, 0.29) is 13.2 Å². The van der Waals surface area contributed by atoms with Gasteiger partial charge in [-0.25, -0.2) is 0 Å². The van der Waals surface area contributed by atoms with Crippen LogP contribution in [0.1, 0.15) is 32.6 Å². The second-order valence-corrected chi connectivity index (χ2v) is 7.03. The minimum atomic E-state index is -1.49. The van der Waals surface area contributed by atoms with Crippen molar-refractivity contribution in [2.24, 2.45) is 0 Å². The molecule has 10 nitrogen and oxygen atoms in total. The molecule has 2 aliphatic heterocycles. The van der Waals surface area contributed by atoms with Crippen molar-refractivity contribution in [3.8, 4) is 0 Å². The molecule has 10 heteroatoms. The summed E-state index contributed by atoms with van der Waals surface area (Å²) in [6.07, 6.45) is -7.94. The van der Waals surface area contributed by atoms with Gasteiger partial charge in [-0.2, -0.15) is 0 Å². The fraction of sp³-hybridized carbons (Fsp3) is 1.00. The number of ether oxygens (including phenoxy) is 4. The Morgan fingerprint density at radius 1 is 0.778 bits per heavy atom. The lowest BCUT2D eigenvalue weighted by molar-refractivity contribution is -0.320. The molecule has 6 N–H and O–H groups in total. The van der Waals surface area contributed by atoms with Crippen LogP contribution < -0.4 is 0 Å². The highest BCUT2D eigenvalue weighted by Crippen LogP contribution is 2.24. The Balaban J connectivity index is 1.83. The average molecular weight is 396 g/mol. The lowest BCUT2D eigenvalue weighted by atomic mass is 9.99. The van der Waals surface area contributed by atoms with Gasteiger partial charge in [0.15, 0.2) is 12.6 Å². The van der Waals surface area contributed by atoms with E-state index in [2.05, 4.69) is 6.92 Å². The average Bonchev–Trinajstić information content (AvgIpc) is 2.66. The maximum atomic E-state index is 10.1. The summed E-state index contributed by atoms with van der Waals surface area (Å²) in [5.41, 5.74) is 0. The van der Waals surface area contributed by atoms with Crippen molar-refractivity contribution in [2.75, 3.05) is 19.8 Å². The van der Waals surface area contributed by atoms with Gasteiger partial charge in [-0.1, -0.05) is 26.2 Å². The molecule has 27 heavy (non-hydrogen) atoms. The topological polar surface area (TPSA) is 158 Å². The quantitative estimate of drug-likeness (QED) is 0.237. The van der Waals surface area contributed by atoms with Crippen LogP contribution in [0.3, 0.4) is 0 Å². The first-order valence-electron chi connectivity index (χ1n) is 9.45. The SMILES string of the molecule is CCCCCCO[C@@H]1O[C@@H](CO[C@@H]2OC[C@@H](O)[C@@H](O)[C@@H]2O)[C@@H](O)[C@@H](O)[C@@H]1O. The summed E-state index contributed by atoms with van der Waals surface area (Å²) in [6, 6.07) is 0. The van der Waals surface area contributed by atoms with Crippen molar-refractivity contribution in [3.63, 3.8) is 0 Å². The fourth-order valence-corrected chi connectivity index (χ4v) is 3.04. The zero-order valence-electron chi connectivity index (χ0n) is 15.5. The molecule has 0 aliphatic carbocycles. The van der Waals surface area contributed by atoms with Gasteiger partial charge in [0.25, 0.3) is 0 Å². The predicted molar refractivity (Wildman–Crippen MR) is 90.5 cm³/mol. The van der Waals surface area contributed by atoms with Crippen molar-refractivity contribution in [2.45, 2.75) is 87.9 Å². The smallest absolute Gasteiger partial charge is 0.186 e. The summed E-state index contributed by atoms with van der Waals surface area (Å²) in [5.74, 6) is 0. The molecule has 0 bridgehead atoms. The standard InChI is InChI=1S/C17H32O10/c1-2-3-4-5-6-24-17-15(23)13(21)12(20)10(27-17)8-26-16-14(22)11(19)9(18)7-25-16/h9-23H,2-8H2,1H3/t9-,10+,11-,12-,13-,14+,15+,16+,17-/m1/s1. The zero-order valence-corrected chi connectivity index (χ0v) is 15.5. The van der Waals surface area contributed by atoms with E-state index in [0.717, 1.165) is 25.7 Å². The van der Waals surface area contributed by atoms with Crippen molar-refractivity contribution >= 4 is 0 Å². The van der Waals surface area contributed by atoms with E-state index >= 15 is 0 Å². The number of hydrogen-bond donors (Lipinski definition) is 6. The van der Waals surface area contributed by atoms with Crippen LogP contribution in [0.15, 0.2) is 0 Å². The molecule has 0 unspecified atom stereocenters. The van der Waals surface area contributed by atoms with Crippen LogP contribution in [0.2, 0.25) is 0 Å². The van der Waals surface area contributed by atoms with E-state index in [9.17, 15) is 30.6 Å². The first kappa shape index (κ1) is 22.9. The van der Waals surface area contributed by atoms with Crippen LogP contribution in [0.4, 0.5) is 0 Å². The van der Waals surface area contributed by atoms with E-state index in [1.807, 2.05) is 0 Å². The number of hydrogen-bond acceptors (Lipinski definition) is 10. The first-order chi connectivity index (χ1) is 12.9. The van der Waals surface area contributed by atoms with Crippen molar-refractivity contribution in [3.05, 3.63) is 0 Å². The van der Waals surface area contributed by atoms with Crippen LogP contribution in [-0.4, -0.2) is 106 Å². The van der Waals surface area contributed by atoms with Gasteiger partial charge in [0.2, 0.25) is 0 Å². The van der Waals surface area contributed by atoms with Crippen molar-refractivity contribution in [1.82, 2.24) is 0 Å². The highest BCUT2D eigenvalue weighted by Gasteiger charge is 2.45. The third-order valence-electron chi connectivity index (χ3n) is 4.83. The summed E-state index contributed by atoms with van der Waals surface area (Å²) in [6.45, 7) is 1.92. The Hall–Kier alpha value is -0.400. The molecule has 9 atom stereocenters. The summed E-state index contributed by atoms with van der Waals surface area (Å²) < 4.78 is 21.4. The minimum Gasteiger partial charge on any atom is -0.388 e. The summed E-state index contributed by atoms with van der Waals surface area (Å²) >= 11 is 0. The molecule has 0 amide bonds. The molecule has 160 valence electrons. The summed E-state index contributed by atoms with van der Waals surface area (Å²) in [4.78, 5) is 0. The highest BCUT2D eigenvalue weighted by molar-refractivity contribution is 4.90. The summed E-state index contributed by atoms with van der Waals surface area (Å²) in [5, 5.41) is 59.1. The predicted octanol–water partition coefficient (Wildman–Crippen LogP) is -2.15. The molecule has 0 spiro atoms. The van der Waals surface area contributed by atoms with E-state index < -0.39 is 55.3 Å². The maximum absolute atomic E-state index is 10.1. The van der Waals surface area contributed by atoms with Crippen LogP contribution in [0.25, 0.3) is 0 Å². The van der Waals surface area contributed by atoms with Gasteiger partial charge >= 0.3 is 0 Å².